The molecule has 170 valence electrons. The molecule has 0 atom stereocenters. The molecule has 0 radical (unpaired) electrons. The monoisotopic (exact) mass is 472 g/mol. The van der Waals surface area contributed by atoms with Gasteiger partial charge < -0.3 is 5.32 Å². The summed E-state index contributed by atoms with van der Waals surface area (Å²) in [6.07, 6.45) is 6.74. The number of anilines is 1. The zero-order chi connectivity index (χ0) is 23.6. The largest absolute Gasteiger partial charge is 0.358 e. The summed E-state index contributed by atoms with van der Waals surface area (Å²) in [6.45, 7) is 0.0917. The van der Waals surface area contributed by atoms with Crippen molar-refractivity contribution in [3.05, 3.63) is 71.7 Å². The quantitative estimate of drug-likeness (QED) is 0.382. The highest BCUT2D eigenvalue weighted by Gasteiger charge is 2.17. The number of carbonyl (C=O) groups is 1. The minimum atomic E-state index is -4.21. The zero-order valence-electron chi connectivity index (χ0n) is 17.2. The van der Waals surface area contributed by atoms with E-state index in [0.29, 0.717) is 22.7 Å². The first-order valence-corrected chi connectivity index (χ1v) is 11.1. The topological polar surface area (TPSA) is 122 Å². The van der Waals surface area contributed by atoms with E-state index in [9.17, 15) is 22.0 Å². The Kier molecular flexibility index (Phi) is 5.92. The maximum Gasteiger partial charge on any atom is 0.262 e. The Morgan fingerprint density at radius 1 is 1.15 bits per heavy atom. The average molecular weight is 472 g/mol. The standard InChI is InChI=1S/C21H18F2N6O3S/c1-24-21(30)12-29-11-13(10-25-29)2-4-19-18-9-16(3-5-20(18)27-26-19)28-33(31,32)17-7-14(22)6-15(23)8-17/h2-11,28H,12H2,1H3,(H,24,30)(H,26,27). The van der Waals surface area contributed by atoms with Gasteiger partial charge in [-0.3, -0.25) is 19.3 Å². The Labute approximate surface area is 187 Å². The molecule has 1 amide bonds. The molecule has 33 heavy (non-hydrogen) atoms. The first kappa shape index (κ1) is 22.1. The summed E-state index contributed by atoms with van der Waals surface area (Å²) < 4.78 is 55.8. The summed E-state index contributed by atoms with van der Waals surface area (Å²) in [4.78, 5) is 10.9. The second-order valence-corrected chi connectivity index (χ2v) is 8.74. The summed E-state index contributed by atoms with van der Waals surface area (Å²) >= 11 is 0. The zero-order valence-corrected chi connectivity index (χ0v) is 18.0. The fraction of sp³-hybridized carbons (Fsp3) is 0.0952. The number of fused-ring (bicyclic) bond motifs is 1. The van der Waals surface area contributed by atoms with E-state index >= 15 is 0 Å². The normalized spacial score (nSPS) is 11.8. The van der Waals surface area contributed by atoms with Crippen LogP contribution in [0.25, 0.3) is 23.1 Å². The highest BCUT2D eigenvalue weighted by atomic mass is 32.2. The molecule has 0 unspecified atom stereocenters. The Bertz CT molecular complexity index is 1460. The van der Waals surface area contributed by atoms with Gasteiger partial charge in [0.2, 0.25) is 5.91 Å². The molecular formula is C21H18F2N6O3S. The number of sulfonamides is 1. The Morgan fingerprint density at radius 2 is 1.91 bits per heavy atom. The predicted molar refractivity (Wildman–Crippen MR) is 118 cm³/mol. The van der Waals surface area contributed by atoms with Crippen molar-refractivity contribution in [2.24, 2.45) is 0 Å². The number of aromatic nitrogens is 4. The van der Waals surface area contributed by atoms with Crippen molar-refractivity contribution in [1.29, 1.82) is 0 Å². The molecule has 0 aliphatic carbocycles. The molecule has 4 rings (SSSR count). The average Bonchev–Trinajstić information content (AvgIpc) is 3.37. The van der Waals surface area contributed by atoms with Crippen molar-refractivity contribution in [3.8, 4) is 0 Å². The molecule has 0 bridgehead atoms. The first-order chi connectivity index (χ1) is 15.7. The highest BCUT2D eigenvalue weighted by molar-refractivity contribution is 7.92. The molecule has 0 fully saturated rings. The van der Waals surface area contributed by atoms with Gasteiger partial charge in [-0.25, -0.2) is 17.2 Å². The van der Waals surface area contributed by atoms with E-state index in [1.165, 1.54) is 10.7 Å². The molecule has 0 saturated carbocycles. The number of rotatable bonds is 7. The van der Waals surface area contributed by atoms with E-state index in [-0.39, 0.29) is 18.1 Å². The third-order valence-electron chi connectivity index (χ3n) is 4.66. The van der Waals surface area contributed by atoms with Crippen LogP contribution in [0.3, 0.4) is 0 Å². The molecule has 0 saturated heterocycles. The fourth-order valence-electron chi connectivity index (χ4n) is 3.08. The number of hydrogen-bond acceptors (Lipinski definition) is 5. The molecule has 12 heteroatoms. The number of likely N-dealkylation sites (N-methyl/N-ethyl adjacent to an activating group) is 1. The van der Waals surface area contributed by atoms with Gasteiger partial charge in [-0.1, -0.05) is 0 Å². The number of aromatic amines is 1. The van der Waals surface area contributed by atoms with Crippen molar-refractivity contribution >= 4 is 44.7 Å². The number of hydrogen-bond donors (Lipinski definition) is 3. The summed E-state index contributed by atoms with van der Waals surface area (Å²) in [5.74, 6) is -2.17. The van der Waals surface area contributed by atoms with Gasteiger partial charge in [-0.15, -0.1) is 0 Å². The van der Waals surface area contributed by atoms with Crippen LogP contribution in [0.15, 0.2) is 53.7 Å². The fourth-order valence-corrected chi connectivity index (χ4v) is 4.17. The van der Waals surface area contributed by atoms with Gasteiger partial charge in [0, 0.05) is 35.9 Å². The van der Waals surface area contributed by atoms with Crippen LogP contribution in [0.2, 0.25) is 0 Å². The van der Waals surface area contributed by atoms with Gasteiger partial charge >= 0.3 is 0 Å². The van der Waals surface area contributed by atoms with E-state index in [0.717, 1.165) is 17.7 Å². The lowest BCUT2D eigenvalue weighted by Gasteiger charge is -2.08. The van der Waals surface area contributed by atoms with Gasteiger partial charge in [0.1, 0.15) is 18.2 Å². The van der Waals surface area contributed by atoms with Crippen LogP contribution in [-0.2, 0) is 21.4 Å². The lowest BCUT2D eigenvalue weighted by molar-refractivity contribution is -0.121. The maximum absolute atomic E-state index is 13.4. The van der Waals surface area contributed by atoms with Gasteiger partial charge in [0.05, 0.1) is 22.3 Å². The third-order valence-corrected chi connectivity index (χ3v) is 6.02. The predicted octanol–water partition coefficient (Wildman–Crippen LogP) is 2.75. The summed E-state index contributed by atoms with van der Waals surface area (Å²) in [5, 5.41) is 14.3. The number of halogens is 2. The number of amides is 1. The summed E-state index contributed by atoms with van der Waals surface area (Å²) in [6, 6.07) is 6.76. The second-order valence-electron chi connectivity index (χ2n) is 7.06. The molecule has 0 aliphatic heterocycles. The number of nitrogens with one attached hydrogen (secondary N) is 3. The van der Waals surface area contributed by atoms with Crippen molar-refractivity contribution < 1.29 is 22.0 Å². The number of carbonyl (C=O) groups excluding carboxylic acids is 1. The number of nitrogens with zero attached hydrogens (tertiary/aromatic N) is 3. The Hall–Kier alpha value is -4.06. The minimum Gasteiger partial charge on any atom is -0.358 e. The van der Waals surface area contributed by atoms with Crippen molar-refractivity contribution in [2.45, 2.75) is 11.4 Å². The molecule has 2 aromatic heterocycles. The van der Waals surface area contributed by atoms with Gasteiger partial charge in [0.25, 0.3) is 10.0 Å². The van der Waals surface area contributed by atoms with Gasteiger partial charge in [-0.2, -0.15) is 10.2 Å². The molecule has 9 nitrogen and oxygen atoms in total. The van der Waals surface area contributed by atoms with E-state index in [2.05, 4.69) is 25.3 Å². The molecule has 0 aliphatic rings. The molecule has 2 heterocycles. The molecule has 0 spiro atoms. The molecule has 2 aromatic carbocycles. The van der Waals surface area contributed by atoms with Crippen molar-refractivity contribution in [2.75, 3.05) is 11.8 Å². The van der Waals surface area contributed by atoms with Crippen molar-refractivity contribution in [3.63, 3.8) is 0 Å². The van der Waals surface area contributed by atoms with Gasteiger partial charge in [0.15, 0.2) is 0 Å². The van der Waals surface area contributed by atoms with Crippen LogP contribution in [-0.4, -0.2) is 41.4 Å². The van der Waals surface area contributed by atoms with Crippen LogP contribution in [0, 0.1) is 11.6 Å². The third kappa shape index (κ3) is 5.06. The minimum absolute atomic E-state index is 0.0917. The molecule has 4 aromatic rings. The van der Waals surface area contributed by atoms with E-state index in [4.69, 9.17) is 0 Å². The number of H-pyrrole nitrogens is 1. The Balaban J connectivity index is 1.57. The maximum atomic E-state index is 13.4. The van der Waals surface area contributed by atoms with E-state index < -0.39 is 26.6 Å². The van der Waals surface area contributed by atoms with Crippen LogP contribution < -0.4 is 10.0 Å². The van der Waals surface area contributed by atoms with Crippen molar-refractivity contribution in [1.82, 2.24) is 25.3 Å². The van der Waals surface area contributed by atoms with Crippen LogP contribution in [0.1, 0.15) is 11.3 Å². The lowest BCUT2D eigenvalue weighted by Crippen LogP contribution is -2.23. The van der Waals surface area contributed by atoms with E-state index in [1.807, 2.05) is 0 Å². The van der Waals surface area contributed by atoms with Crippen LogP contribution in [0.4, 0.5) is 14.5 Å². The Morgan fingerprint density at radius 3 is 2.64 bits per heavy atom. The van der Waals surface area contributed by atoms with Crippen LogP contribution >= 0.6 is 0 Å². The second kappa shape index (κ2) is 8.82. The first-order valence-electron chi connectivity index (χ1n) is 9.62. The smallest absolute Gasteiger partial charge is 0.262 e. The summed E-state index contributed by atoms with van der Waals surface area (Å²) in [7, 11) is -2.67. The van der Waals surface area contributed by atoms with E-state index in [1.54, 1.807) is 43.7 Å². The molecular weight excluding hydrogens is 454 g/mol. The summed E-state index contributed by atoms with van der Waals surface area (Å²) in [5.41, 5.74) is 2.12. The SMILES string of the molecule is CNC(=O)Cn1cc(C=Cc2n[nH]c3ccc(NS(=O)(=O)c4cc(F)cc(F)c4)cc23)cn1. The van der Waals surface area contributed by atoms with Gasteiger partial charge in [-0.05, 0) is 42.5 Å². The van der Waals surface area contributed by atoms with Crippen LogP contribution in [0.5, 0.6) is 0 Å². The molecule has 3 N–H and O–H groups in total. The highest BCUT2D eigenvalue weighted by Crippen LogP contribution is 2.25. The lowest BCUT2D eigenvalue weighted by atomic mass is 10.1. The number of benzene rings is 2.